The van der Waals surface area contributed by atoms with Gasteiger partial charge in [0, 0.05) is 19.7 Å². The quantitative estimate of drug-likeness (QED) is 0.374. The Morgan fingerprint density at radius 2 is 1.26 bits per heavy atom. The molecule has 0 spiro atoms. The third kappa shape index (κ3) is 3.92. The lowest BCUT2D eigenvalue weighted by atomic mass is 9.90. The van der Waals surface area contributed by atoms with Gasteiger partial charge in [0.05, 0.1) is 0 Å². The van der Waals surface area contributed by atoms with Gasteiger partial charge < -0.3 is 4.74 Å². The van der Waals surface area contributed by atoms with E-state index >= 15 is 0 Å². The molecule has 2 rings (SSSR count). The van der Waals surface area contributed by atoms with Crippen molar-refractivity contribution in [3.63, 3.8) is 0 Å². The van der Waals surface area contributed by atoms with Crippen molar-refractivity contribution >= 4 is 78.3 Å². The lowest BCUT2D eigenvalue weighted by Gasteiger charge is -2.43. The van der Waals surface area contributed by atoms with Crippen LogP contribution < -0.4 is 0 Å². The predicted molar refractivity (Wildman–Crippen MR) is 109 cm³/mol. The summed E-state index contributed by atoms with van der Waals surface area (Å²) < 4.78 is 6.28. The molecule has 0 aromatic carbocycles. The summed E-state index contributed by atoms with van der Waals surface area (Å²) in [6.07, 6.45) is 9.78. The van der Waals surface area contributed by atoms with Gasteiger partial charge >= 0.3 is 0 Å². The van der Waals surface area contributed by atoms with Gasteiger partial charge in [-0.1, -0.05) is 93.2 Å². The van der Waals surface area contributed by atoms with Gasteiger partial charge in [0.15, 0.2) is 0 Å². The zero-order valence-electron chi connectivity index (χ0n) is 12.4. The first-order valence-electron chi connectivity index (χ1n) is 7.04. The molecular formula is C16H16Br2Cl4O. The highest BCUT2D eigenvalue weighted by atomic mass is 79.9. The molecule has 0 radical (unpaired) electrons. The molecule has 2 aliphatic rings. The molecule has 0 fully saturated rings. The van der Waals surface area contributed by atoms with Crippen molar-refractivity contribution in [2.75, 3.05) is 0 Å². The summed E-state index contributed by atoms with van der Waals surface area (Å²) in [7, 11) is 0. The summed E-state index contributed by atoms with van der Waals surface area (Å²) in [6.45, 7) is 3.89. The van der Waals surface area contributed by atoms with Crippen LogP contribution in [0.1, 0.15) is 13.8 Å². The second-order valence-corrected chi connectivity index (χ2v) is 10.5. The monoisotopic (exact) mass is 522 g/mol. The summed E-state index contributed by atoms with van der Waals surface area (Å²) in [5.41, 5.74) is 0. The van der Waals surface area contributed by atoms with E-state index in [0.29, 0.717) is 10.1 Å². The molecule has 0 aromatic heterocycles. The standard InChI is InChI=1S/C16H16Br2Cl4O/c1-9(17)15(21)7-3-5-11(19)13(15)23-14-12(20)6-4-8-16(14,22)10(2)18/h3-10,13-14H,1-2H3. The maximum Gasteiger partial charge on any atom is 0.118 e. The molecule has 2 aliphatic carbocycles. The highest BCUT2D eigenvalue weighted by Gasteiger charge is 2.49. The molecule has 0 amide bonds. The second-order valence-electron chi connectivity index (χ2n) is 5.60. The van der Waals surface area contributed by atoms with Crippen molar-refractivity contribution < 1.29 is 4.74 Å². The Morgan fingerprint density at radius 3 is 1.57 bits per heavy atom. The van der Waals surface area contributed by atoms with Gasteiger partial charge in [-0.2, -0.15) is 0 Å². The lowest BCUT2D eigenvalue weighted by Crippen LogP contribution is -2.52. The van der Waals surface area contributed by atoms with E-state index in [1.807, 2.05) is 38.2 Å². The Balaban J connectivity index is 2.38. The van der Waals surface area contributed by atoms with Crippen molar-refractivity contribution in [3.8, 4) is 0 Å². The van der Waals surface area contributed by atoms with Crippen molar-refractivity contribution in [1.82, 2.24) is 0 Å². The Morgan fingerprint density at radius 1 is 0.913 bits per heavy atom. The number of hydrogen-bond acceptors (Lipinski definition) is 1. The van der Waals surface area contributed by atoms with Crippen LogP contribution in [0.4, 0.5) is 0 Å². The molecule has 0 heterocycles. The fraction of sp³-hybridized carbons (Fsp3) is 0.500. The molecule has 0 aromatic rings. The first-order chi connectivity index (χ1) is 10.6. The van der Waals surface area contributed by atoms with Gasteiger partial charge in [0.25, 0.3) is 0 Å². The van der Waals surface area contributed by atoms with E-state index in [2.05, 4.69) is 31.9 Å². The van der Waals surface area contributed by atoms with Crippen molar-refractivity contribution in [1.29, 1.82) is 0 Å². The van der Waals surface area contributed by atoms with Crippen LogP contribution in [-0.4, -0.2) is 31.6 Å². The Hall–Kier alpha value is 1.04. The number of halogens is 6. The predicted octanol–water partition coefficient (Wildman–Crippen LogP) is 6.65. The molecule has 0 saturated carbocycles. The van der Waals surface area contributed by atoms with Gasteiger partial charge in [-0.3, -0.25) is 0 Å². The van der Waals surface area contributed by atoms with E-state index in [9.17, 15) is 0 Å². The van der Waals surface area contributed by atoms with Crippen LogP contribution in [0.25, 0.3) is 0 Å². The highest BCUT2D eigenvalue weighted by molar-refractivity contribution is 9.09. The number of rotatable bonds is 4. The van der Waals surface area contributed by atoms with Crippen LogP contribution in [0, 0.1) is 0 Å². The Kier molecular flexibility index (Phi) is 6.84. The molecule has 6 unspecified atom stereocenters. The molecule has 0 aliphatic heterocycles. The molecule has 0 N–H and O–H groups in total. The maximum absolute atomic E-state index is 6.79. The SMILES string of the molecule is CC(Br)C1(Cl)C=CC=C(Cl)C1OC1C(Cl)=CC=CC1(Cl)C(C)Br. The van der Waals surface area contributed by atoms with Gasteiger partial charge in [-0.15, -0.1) is 23.2 Å². The van der Waals surface area contributed by atoms with Crippen LogP contribution in [0.3, 0.4) is 0 Å². The van der Waals surface area contributed by atoms with Crippen molar-refractivity contribution in [3.05, 3.63) is 46.5 Å². The lowest BCUT2D eigenvalue weighted by molar-refractivity contribution is 0.00634. The Labute approximate surface area is 174 Å². The fourth-order valence-electron chi connectivity index (χ4n) is 2.50. The minimum atomic E-state index is -0.836. The fourth-order valence-corrected chi connectivity index (χ4v) is 4.49. The van der Waals surface area contributed by atoms with E-state index in [1.165, 1.54) is 0 Å². The molecule has 6 atom stereocenters. The zero-order valence-corrected chi connectivity index (χ0v) is 18.6. The average Bonchev–Trinajstić information content (AvgIpc) is 2.45. The van der Waals surface area contributed by atoms with E-state index < -0.39 is 22.0 Å². The first kappa shape index (κ1) is 20.4. The third-order valence-corrected chi connectivity index (χ3v) is 8.00. The summed E-state index contributed by atoms with van der Waals surface area (Å²) in [5.74, 6) is 0. The summed E-state index contributed by atoms with van der Waals surface area (Å²) >= 11 is 33.5. The maximum atomic E-state index is 6.79. The van der Waals surface area contributed by atoms with Crippen LogP contribution >= 0.6 is 78.3 Å². The van der Waals surface area contributed by atoms with E-state index in [1.54, 1.807) is 12.2 Å². The average molecular weight is 526 g/mol. The van der Waals surface area contributed by atoms with E-state index in [0.717, 1.165) is 0 Å². The second kappa shape index (κ2) is 7.73. The van der Waals surface area contributed by atoms with E-state index in [-0.39, 0.29) is 9.65 Å². The minimum Gasteiger partial charge on any atom is -0.359 e. The zero-order chi connectivity index (χ0) is 17.4. The molecule has 128 valence electrons. The van der Waals surface area contributed by atoms with Crippen LogP contribution in [0.5, 0.6) is 0 Å². The highest BCUT2D eigenvalue weighted by Crippen LogP contribution is 2.46. The molecule has 0 saturated heterocycles. The number of alkyl halides is 4. The van der Waals surface area contributed by atoms with E-state index in [4.69, 9.17) is 51.1 Å². The number of hydrogen-bond donors (Lipinski definition) is 0. The topological polar surface area (TPSA) is 9.23 Å². The largest absolute Gasteiger partial charge is 0.359 e. The molecule has 23 heavy (non-hydrogen) atoms. The van der Waals surface area contributed by atoms with Gasteiger partial charge in [-0.05, 0) is 12.2 Å². The van der Waals surface area contributed by atoms with Gasteiger partial charge in [0.1, 0.15) is 22.0 Å². The van der Waals surface area contributed by atoms with Gasteiger partial charge in [-0.25, -0.2) is 0 Å². The van der Waals surface area contributed by atoms with Crippen molar-refractivity contribution in [2.45, 2.75) is 45.5 Å². The first-order valence-corrected chi connectivity index (χ1v) is 10.4. The summed E-state index contributed by atoms with van der Waals surface area (Å²) in [4.78, 5) is -1.82. The summed E-state index contributed by atoms with van der Waals surface area (Å²) in [5, 5.41) is 1.02. The smallest absolute Gasteiger partial charge is 0.118 e. The van der Waals surface area contributed by atoms with Crippen molar-refractivity contribution in [2.24, 2.45) is 0 Å². The molecule has 7 heteroatoms. The third-order valence-electron chi connectivity index (χ3n) is 4.01. The van der Waals surface area contributed by atoms with Crippen LogP contribution in [0.2, 0.25) is 0 Å². The number of allylic oxidation sites excluding steroid dienone is 4. The summed E-state index contributed by atoms with van der Waals surface area (Å²) in [6, 6.07) is 0. The van der Waals surface area contributed by atoms with Crippen LogP contribution in [-0.2, 0) is 4.74 Å². The van der Waals surface area contributed by atoms with Crippen LogP contribution in [0.15, 0.2) is 46.5 Å². The minimum absolute atomic E-state index is 0.0756. The molecule has 0 bridgehead atoms. The van der Waals surface area contributed by atoms with Gasteiger partial charge in [0.2, 0.25) is 0 Å². The Bertz CT molecular complexity index is 535. The molecule has 1 nitrogen and oxygen atoms in total. The normalized spacial score (nSPS) is 39.7. The molecular weight excluding hydrogens is 510 g/mol. The number of ether oxygens (including phenoxy) is 1.